The molecule has 0 aliphatic rings. The summed E-state index contributed by atoms with van der Waals surface area (Å²) in [5.41, 5.74) is 1.59. The van der Waals surface area contributed by atoms with Crippen molar-refractivity contribution in [2.45, 2.75) is 6.92 Å². The molecule has 154 valence electrons. The molecule has 31 heavy (non-hydrogen) atoms. The lowest BCUT2D eigenvalue weighted by Crippen LogP contribution is -2.06. The van der Waals surface area contributed by atoms with Gasteiger partial charge in [0.25, 0.3) is 0 Å². The number of carbonyl (C=O) groups excluding carboxylic acids is 1. The van der Waals surface area contributed by atoms with Gasteiger partial charge in [0, 0.05) is 30.6 Å². The number of nitrogens with zero attached hydrogens (tertiary/aromatic N) is 2. The van der Waals surface area contributed by atoms with Crippen LogP contribution in [0.15, 0.2) is 72.9 Å². The van der Waals surface area contributed by atoms with Gasteiger partial charge in [-0.25, -0.2) is 9.78 Å². The largest absolute Gasteiger partial charge is 0.478 e. The van der Waals surface area contributed by atoms with Crippen LogP contribution in [0.4, 0.5) is 17.3 Å². The van der Waals surface area contributed by atoms with Gasteiger partial charge in [-0.2, -0.15) is 4.98 Å². The van der Waals surface area contributed by atoms with Crippen LogP contribution in [0.3, 0.4) is 0 Å². The SMILES string of the molecule is CC(=O)Nc1cccc(Nc2nccc(Oc3ccc4c(C(=O)O)cccc4c3)n2)c1. The Balaban J connectivity index is 1.54. The summed E-state index contributed by atoms with van der Waals surface area (Å²) in [7, 11) is 0. The predicted molar refractivity (Wildman–Crippen MR) is 117 cm³/mol. The van der Waals surface area contributed by atoms with Crippen molar-refractivity contribution < 1.29 is 19.4 Å². The van der Waals surface area contributed by atoms with Crippen LogP contribution in [0.1, 0.15) is 17.3 Å². The van der Waals surface area contributed by atoms with Crippen molar-refractivity contribution in [3.05, 3.63) is 78.5 Å². The maximum Gasteiger partial charge on any atom is 0.336 e. The summed E-state index contributed by atoms with van der Waals surface area (Å²) in [5, 5.41) is 16.5. The number of ether oxygens (including phenoxy) is 1. The molecule has 1 aromatic heterocycles. The fourth-order valence-electron chi connectivity index (χ4n) is 3.10. The fourth-order valence-corrected chi connectivity index (χ4v) is 3.10. The van der Waals surface area contributed by atoms with Gasteiger partial charge in [0.05, 0.1) is 5.56 Å². The van der Waals surface area contributed by atoms with Crippen molar-refractivity contribution in [3.8, 4) is 11.6 Å². The Bertz CT molecular complexity index is 1290. The molecule has 0 unspecified atom stereocenters. The van der Waals surface area contributed by atoms with Crippen molar-refractivity contribution in [2.75, 3.05) is 10.6 Å². The van der Waals surface area contributed by atoms with Crippen LogP contribution in [-0.4, -0.2) is 27.0 Å². The minimum absolute atomic E-state index is 0.158. The Kier molecular flexibility index (Phi) is 5.44. The van der Waals surface area contributed by atoms with E-state index in [0.29, 0.717) is 34.3 Å². The number of amides is 1. The van der Waals surface area contributed by atoms with E-state index >= 15 is 0 Å². The second-order valence-electron chi connectivity index (χ2n) is 6.70. The van der Waals surface area contributed by atoms with E-state index in [1.165, 1.54) is 6.92 Å². The third-order valence-electron chi connectivity index (χ3n) is 4.37. The molecule has 0 fully saturated rings. The third-order valence-corrected chi connectivity index (χ3v) is 4.37. The van der Waals surface area contributed by atoms with E-state index in [2.05, 4.69) is 20.6 Å². The lowest BCUT2D eigenvalue weighted by atomic mass is 10.0. The summed E-state index contributed by atoms with van der Waals surface area (Å²) >= 11 is 0. The minimum Gasteiger partial charge on any atom is -0.478 e. The Morgan fingerprint density at radius 1 is 0.968 bits per heavy atom. The van der Waals surface area contributed by atoms with Gasteiger partial charge in [-0.1, -0.05) is 18.2 Å². The highest BCUT2D eigenvalue weighted by Crippen LogP contribution is 2.27. The summed E-state index contributed by atoms with van der Waals surface area (Å²) in [6.45, 7) is 1.44. The van der Waals surface area contributed by atoms with E-state index in [1.807, 2.05) is 12.1 Å². The average Bonchev–Trinajstić information content (AvgIpc) is 2.73. The Morgan fingerprint density at radius 2 is 1.77 bits per heavy atom. The van der Waals surface area contributed by atoms with E-state index < -0.39 is 5.97 Å². The van der Waals surface area contributed by atoms with E-state index in [0.717, 1.165) is 5.39 Å². The van der Waals surface area contributed by atoms with Gasteiger partial charge in [0.2, 0.25) is 17.7 Å². The van der Waals surface area contributed by atoms with Gasteiger partial charge < -0.3 is 20.5 Å². The van der Waals surface area contributed by atoms with Crippen LogP contribution in [0.5, 0.6) is 11.6 Å². The molecule has 0 saturated heterocycles. The molecule has 8 heteroatoms. The number of carboxylic acids is 1. The Morgan fingerprint density at radius 3 is 2.58 bits per heavy atom. The molecule has 0 spiro atoms. The van der Waals surface area contributed by atoms with Crippen LogP contribution in [0.25, 0.3) is 10.8 Å². The topological polar surface area (TPSA) is 113 Å². The van der Waals surface area contributed by atoms with Crippen molar-refractivity contribution in [3.63, 3.8) is 0 Å². The van der Waals surface area contributed by atoms with Gasteiger partial charge in [0.15, 0.2) is 0 Å². The highest BCUT2D eigenvalue weighted by Gasteiger charge is 2.09. The number of benzene rings is 3. The zero-order valence-corrected chi connectivity index (χ0v) is 16.5. The van der Waals surface area contributed by atoms with Crippen molar-refractivity contribution >= 4 is 40.0 Å². The molecule has 4 aromatic rings. The monoisotopic (exact) mass is 414 g/mol. The van der Waals surface area contributed by atoms with Crippen LogP contribution in [-0.2, 0) is 4.79 Å². The smallest absolute Gasteiger partial charge is 0.336 e. The number of rotatable bonds is 6. The van der Waals surface area contributed by atoms with Gasteiger partial charge in [0.1, 0.15) is 5.75 Å². The molecular formula is C23H18N4O4. The fraction of sp³-hybridized carbons (Fsp3) is 0.0435. The second kappa shape index (κ2) is 8.50. The van der Waals surface area contributed by atoms with E-state index in [9.17, 15) is 14.7 Å². The summed E-state index contributed by atoms with van der Waals surface area (Å²) in [6.07, 6.45) is 1.56. The molecular weight excluding hydrogens is 396 g/mol. The first-order chi connectivity index (χ1) is 15.0. The molecule has 0 saturated carbocycles. The molecule has 0 atom stereocenters. The van der Waals surface area contributed by atoms with Crippen LogP contribution in [0, 0.1) is 0 Å². The number of nitrogens with one attached hydrogen (secondary N) is 2. The number of carboxylic acid groups (broad SMARTS) is 1. The maximum atomic E-state index is 11.4. The number of aromatic carboxylic acids is 1. The molecule has 3 aromatic carbocycles. The first-order valence-electron chi connectivity index (χ1n) is 9.39. The van der Waals surface area contributed by atoms with E-state index in [1.54, 1.807) is 60.8 Å². The van der Waals surface area contributed by atoms with Crippen molar-refractivity contribution in [2.24, 2.45) is 0 Å². The number of anilines is 3. The molecule has 0 aliphatic carbocycles. The summed E-state index contributed by atoms with van der Waals surface area (Å²) in [4.78, 5) is 31.2. The van der Waals surface area contributed by atoms with E-state index in [4.69, 9.17) is 4.74 Å². The summed E-state index contributed by atoms with van der Waals surface area (Å²) in [5.74, 6) is 0.0334. The van der Waals surface area contributed by atoms with Gasteiger partial charge in [-0.05, 0) is 53.2 Å². The van der Waals surface area contributed by atoms with Gasteiger partial charge >= 0.3 is 5.97 Å². The minimum atomic E-state index is -0.978. The highest BCUT2D eigenvalue weighted by atomic mass is 16.5. The lowest BCUT2D eigenvalue weighted by molar-refractivity contribution is -0.114. The quantitative estimate of drug-likeness (QED) is 0.414. The van der Waals surface area contributed by atoms with E-state index in [-0.39, 0.29) is 11.5 Å². The van der Waals surface area contributed by atoms with Crippen molar-refractivity contribution in [1.29, 1.82) is 0 Å². The molecule has 1 amide bonds. The lowest BCUT2D eigenvalue weighted by Gasteiger charge is -2.10. The maximum absolute atomic E-state index is 11.4. The molecule has 8 nitrogen and oxygen atoms in total. The second-order valence-corrected chi connectivity index (χ2v) is 6.70. The highest BCUT2D eigenvalue weighted by molar-refractivity contribution is 6.03. The number of fused-ring (bicyclic) bond motifs is 1. The average molecular weight is 414 g/mol. The van der Waals surface area contributed by atoms with Crippen LogP contribution >= 0.6 is 0 Å². The number of carbonyl (C=O) groups is 2. The van der Waals surface area contributed by atoms with Gasteiger partial charge in [-0.3, -0.25) is 4.79 Å². The molecule has 1 heterocycles. The normalized spacial score (nSPS) is 10.5. The Labute approximate surface area is 177 Å². The molecule has 3 N–H and O–H groups in total. The number of aromatic nitrogens is 2. The van der Waals surface area contributed by atoms with Crippen LogP contribution in [0.2, 0.25) is 0 Å². The van der Waals surface area contributed by atoms with Crippen molar-refractivity contribution in [1.82, 2.24) is 9.97 Å². The standard InChI is InChI=1S/C23H18N4O4/c1-14(28)25-16-5-3-6-17(13-16)26-23-24-11-10-21(27-23)31-18-8-9-19-15(12-18)4-2-7-20(19)22(29)30/h2-13H,1H3,(H,25,28)(H,29,30)(H,24,26,27). The Hall–Kier alpha value is -4.46. The molecule has 4 rings (SSSR count). The predicted octanol–water partition coefficient (Wildman–Crippen LogP) is 4.82. The van der Waals surface area contributed by atoms with Crippen LogP contribution < -0.4 is 15.4 Å². The zero-order chi connectivity index (χ0) is 21.8. The summed E-state index contributed by atoms with van der Waals surface area (Å²) < 4.78 is 5.85. The number of hydrogen-bond donors (Lipinski definition) is 3. The molecule has 0 bridgehead atoms. The zero-order valence-electron chi connectivity index (χ0n) is 16.5. The number of hydrogen-bond acceptors (Lipinski definition) is 6. The summed E-state index contributed by atoms with van der Waals surface area (Å²) in [6, 6.07) is 19.0. The third kappa shape index (κ3) is 4.76. The first kappa shape index (κ1) is 19.8. The molecule has 0 aliphatic heterocycles. The van der Waals surface area contributed by atoms with Gasteiger partial charge in [-0.15, -0.1) is 0 Å². The molecule has 0 radical (unpaired) electrons. The first-order valence-corrected chi connectivity index (χ1v) is 9.39.